The summed E-state index contributed by atoms with van der Waals surface area (Å²) in [6.45, 7) is 25.0. The normalized spacial score (nSPS) is 14.9. The first-order valence-electron chi connectivity index (χ1n) is 47.1. The van der Waals surface area contributed by atoms with Gasteiger partial charge in [0.2, 0.25) is 94.5 Å². The van der Waals surface area contributed by atoms with E-state index in [9.17, 15) is 67.1 Å². The molecule has 2 aromatic carbocycles. The minimum Gasteiger partial charge on any atom is -0.368 e. The van der Waals surface area contributed by atoms with E-state index in [-0.39, 0.29) is 120 Å². The summed E-state index contributed by atoms with van der Waals surface area (Å²) >= 11 is 0. The fourth-order valence-corrected chi connectivity index (χ4v) is 14.8. The first-order chi connectivity index (χ1) is 62.2. The first kappa shape index (κ1) is 114. The summed E-state index contributed by atoms with van der Waals surface area (Å²) in [6.07, 6.45) is 7.65. The van der Waals surface area contributed by atoms with Crippen molar-refractivity contribution in [2.45, 2.75) is 329 Å². The number of primary amides is 1. The number of nitrogens with one attached hydrogen (secondary N) is 16. The van der Waals surface area contributed by atoms with Crippen LogP contribution in [0.3, 0.4) is 0 Å². The van der Waals surface area contributed by atoms with Crippen molar-refractivity contribution >= 4 is 105 Å². The van der Waals surface area contributed by atoms with Crippen molar-refractivity contribution < 1.29 is 76.7 Å². The summed E-state index contributed by atoms with van der Waals surface area (Å²) < 4.78 is 0. The Labute approximate surface area is 773 Å². The van der Waals surface area contributed by atoms with Crippen LogP contribution in [0.25, 0.3) is 10.9 Å². The Morgan fingerprint density at radius 3 is 1.06 bits per heavy atom. The summed E-state index contributed by atoms with van der Waals surface area (Å²) in [6, 6.07) is -1.36. The SMILES string of the molecule is CCCC(=O)N[C@@H](CCCCN)C(=O)N[C@@H](Cc1c[nH]c2ccccc12)C(=O)N[C@@H](CCCCN)C(=O)N[C@@H](CC(C)C)C(=O)N[C@@H](Cc1ccccc1)C(=O)N[C@@H](CCCCN)C(=O)N[C@@H](CCCCN)C(=O)N[C@H](C(=O)NCC(=O)N[C@@H](C)C(=O)N[C@H](C(=O)N[C@@H](CC(C)C)C(=O)N[C@@H](CCCCN)C(=O)N[C@H](C(=O)N[C@@H](CC(C)C)C(N)=O)C(C)C)C(C)C)[C@@H](C)CC. The standard InChI is InChI=1S/C93H158N22O16/c1-15-32-75(116)103-65(37-22-27-42-94)82(120)111-74(51-62-52-100-64-36-21-20-35-63(62)64)90(128)106-67(39-24-29-44-96)84(122)109-71(48-55(5)6)88(126)110-73(50-61-33-18-17-19-34-61)89(127)105-66(38-23-28-43-95)83(121)104-69(41-26-31-46-98)86(124)115-79(59(13)16-2)91(129)101-53-76(117)102-60(14)81(119)113-77(57(9)10)93(131)112-72(49-56(7)8)87(125)107-68(40-25-30-45-97)85(123)114-78(58(11)12)92(130)108-70(80(99)118)47-54(3)4/h17-21,33-36,52,54-60,65-74,77-79,100H,15-16,22-32,37-51,53,94-98H2,1-14H3,(H2,99,118)(H,101,129)(H,102,117)(H,103,116)(H,104,121)(H,105,127)(H,106,128)(H,107,125)(H,108,130)(H,109,122)(H,110,126)(H,111,120)(H,112,131)(H,113,119)(H,114,123)(H,115,124)/t59-,60-,65-,66-,67-,68-,69-,70-,71-,72-,73-,74-,77-,78-,79-/m0/s1. The maximum absolute atomic E-state index is 15.1. The van der Waals surface area contributed by atoms with Crippen LogP contribution in [0, 0.1) is 35.5 Å². The molecule has 0 saturated carbocycles. The number of carbonyl (C=O) groups is 16. The number of amides is 16. The molecule has 3 rings (SSSR count). The minimum atomic E-state index is -1.41. The van der Waals surface area contributed by atoms with E-state index in [2.05, 4.69) is 84.7 Å². The minimum absolute atomic E-state index is 0.000990. The molecule has 15 atom stereocenters. The number of benzene rings is 2. The molecule has 0 aliphatic rings. The maximum Gasteiger partial charge on any atom is 0.243 e. The van der Waals surface area contributed by atoms with Gasteiger partial charge in [0.25, 0.3) is 0 Å². The molecule has 0 saturated heterocycles. The summed E-state index contributed by atoms with van der Waals surface area (Å²) in [5.41, 5.74) is 37.1. The molecule has 131 heavy (non-hydrogen) atoms. The number of H-pyrrole nitrogens is 1. The molecule has 38 heteroatoms. The van der Waals surface area contributed by atoms with Gasteiger partial charge in [0.05, 0.1) is 6.54 Å². The predicted octanol–water partition coefficient (Wildman–Crippen LogP) is 1.30. The van der Waals surface area contributed by atoms with Crippen LogP contribution >= 0.6 is 0 Å². The summed E-state index contributed by atoms with van der Waals surface area (Å²) in [5, 5.41) is 42.1. The van der Waals surface area contributed by atoms with Crippen LogP contribution in [0.2, 0.25) is 0 Å². The Kier molecular flexibility index (Phi) is 54.0. The van der Waals surface area contributed by atoms with Gasteiger partial charge in [0.1, 0.15) is 84.6 Å². The number of hydrogen-bond acceptors (Lipinski definition) is 21. The molecule has 1 heterocycles. The number of aromatic nitrogens is 1. The Hall–Kier alpha value is -10.7. The third-order valence-electron chi connectivity index (χ3n) is 22.6. The monoisotopic (exact) mass is 1840 g/mol. The summed E-state index contributed by atoms with van der Waals surface area (Å²) in [5.74, 6) is -13.7. The fraction of sp³-hybridized carbons (Fsp3) is 0.677. The Morgan fingerprint density at radius 1 is 0.328 bits per heavy atom. The van der Waals surface area contributed by atoms with Crippen LogP contribution in [0.15, 0.2) is 60.8 Å². The van der Waals surface area contributed by atoms with Gasteiger partial charge in [-0.1, -0.05) is 145 Å². The van der Waals surface area contributed by atoms with Crippen molar-refractivity contribution in [1.82, 2.24) is 84.7 Å². The van der Waals surface area contributed by atoms with Crippen molar-refractivity contribution in [1.29, 1.82) is 0 Å². The molecule has 736 valence electrons. The van der Waals surface area contributed by atoms with Crippen molar-refractivity contribution in [3.63, 3.8) is 0 Å². The van der Waals surface area contributed by atoms with E-state index < -0.39 is 197 Å². The molecule has 28 N–H and O–H groups in total. The van der Waals surface area contributed by atoms with Gasteiger partial charge in [-0.25, -0.2) is 0 Å². The van der Waals surface area contributed by atoms with Gasteiger partial charge in [-0.2, -0.15) is 0 Å². The second-order valence-corrected chi connectivity index (χ2v) is 36.2. The number of unbranched alkanes of at least 4 members (excludes halogenated alkanes) is 5. The molecule has 0 unspecified atom stereocenters. The summed E-state index contributed by atoms with van der Waals surface area (Å²) in [7, 11) is 0. The van der Waals surface area contributed by atoms with Crippen LogP contribution in [-0.2, 0) is 89.6 Å². The Bertz CT molecular complexity index is 4090. The quantitative estimate of drug-likeness (QED) is 0.0354. The third-order valence-corrected chi connectivity index (χ3v) is 22.6. The molecule has 0 aliphatic carbocycles. The largest absolute Gasteiger partial charge is 0.368 e. The number of aromatic amines is 1. The number of para-hydroxylation sites is 1. The molecular weight excluding hydrogens is 1680 g/mol. The second kappa shape index (κ2) is 61.8. The Balaban J connectivity index is 1.90. The first-order valence-corrected chi connectivity index (χ1v) is 47.1. The van der Waals surface area contributed by atoms with E-state index in [1.165, 1.54) is 6.92 Å². The molecule has 0 bridgehead atoms. The van der Waals surface area contributed by atoms with Crippen molar-refractivity contribution in [2.75, 3.05) is 39.3 Å². The lowest BCUT2D eigenvalue weighted by atomic mass is 9.97. The van der Waals surface area contributed by atoms with Gasteiger partial charge in [-0.3, -0.25) is 76.7 Å². The van der Waals surface area contributed by atoms with E-state index in [0.717, 1.165) is 10.9 Å². The highest BCUT2D eigenvalue weighted by molar-refractivity contribution is 6.01. The van der Waals surface area contributed by atoms with E-state index in [1.54, 1.807) is 78.1 Å². The highest BCUT2D eigenvalue weighted by Crippen LogP contribution is 2.22. The summed E-state index contributed by atoms with van der Waals surface area (Å²) in [4.78, 5) is 231. The van der Waals surface area contributed by atoms with Gasteiger partial charge in [-0.15, -0.1) is 0 Å². The molecule has 0 radical (unpaired) electrons. The van der Waals surface area contributed by atoms with E-state index in [0.29, 0.717) is 94.7 Å². The topological polar surface area (TPSA) is 625 Å². The van der Waals surface area contributed by atoms with Gasteiger partial charge in [-0.05, 0) is 214 Å². The second-order valence-electron chi connectivity index (χ2n) is 36.2. The molecule has 38 nitrogen and oxygen atoms in total. The van der Waals surface area contributed by atoms with Gasteiger partial charge in [0.15, 0.2) is 0 Å². The number of fused-ring (bicyclic) bond motifs is 1. The molecule has 0 spiro atoms. The van der Waals surface area contributed by atoms with Crippen LogP contribution < -0.4 is 114 Å². The van der Waals surface area contributed by atoms with Crippen LogP contribution in [0.5, 0.6) is 0 Å². The van der Waals surface area contributed by atoms with Gasteiger partial charge >= 0.3 is 0 Å². The fourth-order valence-electron chi connectivity index (χ4n) is 14.8. The van der Waals surface area contributed by atoms with E-state index in [4.69, 9.17) is 34.4 Å². The van der Waals surface area contributed by atoms with Crippen molar-refractivity contribution in [3.05, 3.63) is 71.9 Å². The third kappa shape index (κ3) is 42.6. The average Bonchev–Trinajstić information content (AvgIpc) is 1.69. The van der Waals surface area contributed by atoms with Crippen LogP contribution in [0.4, 0.5) is 0 Å². The van der Waals surface area contributed by atoms with Gasteiger partial charge < -0.3 is 119 Å². The zero-order chi connectivity index (χ0) is 98.0. The van der Waals surface area contributed by atoms with Crippen LogP contribution in [0.1, 0.15) is 243 Å². The lowest BCUT2D eigenvalue weighted by molar-refractivity contribution is -0.136. The van der Waals surface area contributed by atoms with Crippen molar-refractivity contribution in [3.8, 4) is 0 Å². The molecule has 0 fully saturated rings. The van der Waals surface area contributed by atoms with E-state index in [1.807, 2.05) is 72.7 Å². The predicted molar refractivity (Wildman–Crippen MR) is 504 cm³/mol. The van der Waals surface area contributed by atoms with Crippen molar-refractivity contribution in [2.24, 2.45) is 69.9 Å². The highest BCUT2D eigenvalue weighted by Gasteiger charge is 2.40. The average molecular weight is 1840 g/mol. The molecular formula is C93H158N22O16. The number of carbonyl (C=O) groups excluding carboxylic acids is 16. The van der Waals surface area contributed by atoms with E-state index >= 15 is 9.59 Å². The Morgan fingerprint density at radius 2 is 0.664 bits per heavy atom. The number of nitrogens with two attached hydrogens (primary N) is 6. The van der Waals surface area contributed by atoms with Crippen LogP contribution in [-0.4, -0.2) is 223 Å². The lowest BCUT2D eigenvalue weighted by Crippen LogP contribution is -2.61. The molecule has 0 aliphatic heterocycles. The zero-order valence-electron chi connectivity index (χ0n) is 79.8. The number of rotatable bonds is 66. The molecule has 16 amide bonds. The molecule has 3 aromatic rings. The zero-order valence-corrected chi connectivity index (χ0v) is 79.8. The molecule has 1 aromatic heterocycles. The maximum atomic E-state index is 15.1. The highest BCUT2D eigenvalue weighted by atomic mass is 16.2. The number of hydrogen-bond donors (Lipinski definition) is 22. The smallest absolute Gasteiger partial charge is 0.243 e. The lowest BCUT2D eigenvalue weighted by Gasteiger charge is -2.29. The van der Waals surface area contributed by atoms with Gasteiger partial charge in [0, 0.05) is 36.4 Å².